The molecular formula is C18H18O3. The Balaban J connectivity index is 1.81. The molecule has 0 atom stereocenters. The van der Waals surface area contributed by atoms with Crippen molar-refractivity contribution in [1.29, 1.82) is 0 Å². The first-order valence-corrected chi connectivity index (χ1v) is 6.92. The summed E-state index contributed by atoms with van der Waals surface area (Å²) in [5.41, 5.74) is 1.92. The molecule has 0 aliphatic carbocycles. The van der Waals surface area contributed by atoms with Gasteiger partial charge in [-0.05, 0) is 42.2 Å². The van der Waals surface area contributed by atoms with Crippen molar-refractivity contribution in [3.8, 4) is 11.5 Å². The second kappa shape index (κ2) is 7.29. The van der Waals surface area contributed by atoms with Gasteiger partial charge in [-0.3, -0.25) is 4.79 Å². The van der Waals surface area contributed by atoms with Gasteiger partial charge in [0.15, 0.2) is 17.3 Å². The fourth-order valence-electron chi connectivity index (χ4n) is 2.03. The van der Waals surface area contributed by atoms with Crippen molar-refractivity contribution in [3.63, 3.8) is 0 Å². The minimum atomic E-state index is -0.186. The Bertz CT molecular complexity index is 630. The Labute approximate surface area is 124 Å². The summed E-state index contributed by atoms with van der Waals surface area (Å²) in [6.07, 6.45) is 5.35. The lowest BCUT2D eigenvalue weighted by atomic mass is 10.1. The lowest BCUT2D eigenvalue weighted by Crippen LogP contribution is -1.94. The molecule has 0 aromatic heterocycles. The molecule has 2 N–H and O–H groups in total. The van der Waals surface area contributed by atoms with Crippen LogP contribution < -0.4 is 0 Å². The Morgan fingerprint density at radius 2 is 1.76 bits per heavy atom. The molecule has 3 nitrogen and oxygen atoms in total. The molecule has 108 valence electrons. The Kier molecular flexibility index (Phi) is 5.16. The fourth-order valence-corrected chi connectivity index (χ4v) is 2.03. The van der Waals surface area contributed by atoms with E-state index < -0.39 is 0 Å². The third kappa shape index (κ3) is 4.80. The average molecular weight is 282 g/mol. The Morgan fingerprint density at radius 3 is 2.48 bits per heavy atom. The number of carbonyl (C=O) groups excluding carboxylic acids is 1. The molecule has 3 heteroatoms. The van der Waals surface area contributed by atoms with Gasteiger partial charge in [0.25, 0.3) is 0 Å². The van der Waals surface area contributed by atoms with E-state index in [1.807, 2.05) is 18.2 Å². The second-order valence-corrected chi connectivity index (χ2v) is 4.89. The van der Waals surface area contributed by atoms with Crippen molar-refractivity contribution in [1.82, 2.24) is 0 Å². The molecule has 0 saturated heterocycles. The first kappa shape index (κ1) is 14.9. The van der Waals surface area contributed by atoms with Gasteiger partial charge in [0, 0.05) is 6.42 Å². The highest BCUT2D eigenvalue weighted by Crippen LogP contribution is 2.25. The maximum absolute atomic E-state index is 11.8. The van der Waals surface area contributed by atoms with E-state index in [9.17, 15) is 15.0 Å². The predicted molar refractivity (Wildman–Crippen MR) is 83.2 cm³/mol. The summed E-state index contributed by atoms with van der Waals surface area (Å²) >= 11 is 0. The number of phenolic OH excluding ortho intramolecular Hbond substituents is 2. The number of phenols is 2. The number of ketones is 1. The maximum atomic E-state index is 11.8. The van der Waals surface area contributed by atoms with Gasteiger partial charge in [-0.25, -0.2) is 0 Å². The predicted octanol–water partition coefficient (Wildman–Crippen LogP) is 3.70. The van der Waals surface area contributed by atoms with Crippen molar-refractivity contribution in [2.75, 3.05) is 0 Å². The number of rotatable bonds is 6. The van der Waals surface area contributed by atoms with Gasteiger partial charge in [0.05, 0.1) is 0 Å². The molecule has 0 spiro atoms. The van der Waals surface area contributed by atoms with Crippen LogP contribution in [0, 0.1) is 0 Å². The van der Waals surface area contributed by atoms with Crippen LogP contribution in [-0.2, 0) is 11.2 Å². The van der Waals surface area contributed by atoms with Crippen molar-refractivity contribution in [2.24, 2.45) is 0 Å². The van der Waals surface area contributed by atoms with Crippen LogP contribution in [0.2, 0.25) is 0 Å². The zero-order chi connectivity index (χ0) is 15.1. The molecule has 0 aliphatic rings. The lowest BCUT2D eigenvalue weighted by molar-refractivity contribution is -0.114. The van der Waals surface area contributed by atoms with Gasteiger partial charge < -0.3 is 10.2 Å². The van der Waals surface area contributed by atoms with Crippen LogP contribution in [0.3, 0.4) is 0 Å². The Hall–Kier alpha value is -2.55. The van der Waals surface area contributed by atoms with Gasteiger partial charge in [-0.1, -0.05) is 42.5 Å². The van der Waals surface area contributed by atoms with Crippen LogP contribution in [0.4, 0.5) is 0 Å². The second-order valence-electron chi connectivity index (χ2n) is 4.89. The number of aromatic hydroxyl groups is 2. The molecule has 0 bridgehead atoms. The van der Waals surface area contributed by atoms with E-state index in [-0.39, 0.29) is 17.3 Å². The summed E-state index contributed by atoms with van der Waals surface area (Å²) in [5, 5.41) is 18.6. The maximum Gasteiger partial charge on any atom is 0.157 e. The highest BCUT2D eigenvalue weighted by atomic mass is 16.3. The minimum absolute atomic E-state index is 0.0542. The van der Waals surface area contributed by atoms with Crippen LogP contribution in [0.1, 0.15) is 24.0 Å². The molecule has 0 saturated carbocycles. The van der Waals surface area contributed by atoms with Gasteiger partial charge in [-0.15, -0.1) is 0 Å². The highest BCUT2D eigenvalue weighted by molar-refractivity contribution is 5.93. The number of hydrogen-bond donors (Lipinski definition) is 2. The number of hydrogen-bond acceptors (Lipinski definition) is 3. The van der Waals surface area contributed by atoms with Crippen molar-refractivity contribution in [3.05, 3.63) is 65.7 Å². The van der Waals surface area contributed by atoms with Crippen LogP contribution >= 0.6 is 0 Å². The van der Waals surface area contributed by atoms with Crippen LogP contribution in [0.5, 0.6) is 11.5 Å². The van der Waals surface area contributed by atoms with E-state index in [0.29, 0.717) is 12.0 Å². The fraction of sp³-hybridized carbons (Fsp3) is 0.167. The Morgan fingerprint density at radius 1 is 1.00 bits per heavy atom. The van der Waals surface area contributed by atoms with Gasteiger partial charge in [0.1, 0.15) is 0 Å². The summed E-state index contributed by atoms with van der Waals surface area (Å²) in [6, 6.07) is 14.5. The molecular weight excluding hydrogens is 264 g/mol. The highest BCUT2D eigenvalue weighted by Gasteiger charge is 2.00. The summed E-state index contributed by atoms with van der Waals surface area (Å²) in [4.78, 5) is 11.8. The average Bonchev–Trinajstić information content (AvgIpc) is 2.49. The third-order valence-electron chi connectivity index (χ3n) is 3.19. The van der Waals surface area contributed by atoms with E-state index in [2.05, 4.69) is 12.1 Å². The van der Waals surface area contributed by atoms with Gasteiger partial charge >= 0.3 is 0 Å². The monoisotopic (exact) mass is 282 g/mol. The normalized spacial score (nSPS) is 10.9. The SMILES string of the molecule is O=C(/C=C/c1ccc(O)c(O)c1)CCCc1ccccc1. The molecule has 21 heavy (non-hydrogen) atoms. The molecule has 2 aromatic rings. The van der Waals surface area contributed by atoms with Gasteiger partial charge in [-0.2, -0.15) is 0 Å². The van der Waals surface area contributed by atoms with Crippen molar-refractivity contribution >= 4 is 11.9 Å². The van der Waals surface area contributed by atoms with E-state index in [0.717, 1.165) is 12.8 Å². The summed E-state index contributed by atoms with van der Waals surface area (Å²) < 4.78 is 0. The van der Waals surface area contributed by atoms with E-state index >= 15 is 0 Å². The molecule has 2 aromatic carbocycles. The molecule has 0 radical (unpaired) electrons. The van der Waals surface area contributed by atoms with E-state index in [1.54, 1.807) is 12.1 Å². The van der Waals surface area contributed by atoms with Crippen LogP contribution in [0.15, 0.2) is 54.6 Å². The molecule has 0 amide bonds. The van der Waals surface area contributed by atoms with Gasteiger partial charge in [0.2, 0.25) is 0 Å². The summed E-state index contributed by atoms with van der Waals surface area (Å²) in [5.74, 6) is -0.298. The summed E-state index contributed by atoms with van der Waals surface area (Å²) in [6.45, 7) is 0. The zero-order valence-electron chi connectivity index (χ0n) is 11.7. The number of carbonyl (C=O) groups is 1. The lowest BCUT2D eigenvalue weighted by Gasteiger charge is -2.00. The topological polar surface area (TPSA) is 57.5 Å². The first-order valence-electron chi connectivity index (χ1n) is 6.92. The molecule has 0 unspecified atom stereocenters. The van der Waals surface area contributed by atoms with E-state index in [1.165, 1.54) is 23.8 Å². The first-order chi connectivity index (χ1) is 10.1. The molecule has 0 fully saturated rings. The number of allylic oxidation sites excluding steroid dienone is 1. The molecule has 2 rings (SSSR count). The third-order valence-corrected chi connectivity index (χ3v) is 3.19. The number of benzene rings is 2. The van der Waals surface area contributed by atoms with Crippen LogP contribution in [0.25, 0.3) is 6.08 Å². The molecule has 0 aliphatic heterocycles. The van der Waals surface area contributed by atoms with Crippen molar-refractivity contribution < 1.29 is 15.0 Å². The van der Waals surface area contributed by atoms with Crippen molar-refractivity contribution in [2.45, 2.75) is 19.3 Å². The minimum Gasteiger partial charge on any atom is -0.504 e. The quantitative estimate of drug-likeness (QED) is 0.627. The van der Waals surface area contributed by atoms with Crippen LogP contribution in [-0.4, -0.2) is 16.0 Å². The largest absolute Gasteiger partial charge is 0.504 e. The smallest absolute Gasteiger partial charge is 0.157 e. The molecule has 0 heterocycles. The summed E-state index contributed by atoms with van der Waals surface area (Å²) in [7, 11) is 0. The standard InChI is InChI=1S/C18H18O3/c19-16(8-4-7-14-5-2-1-3-6-14)11-9-15-10-12-17(20)18(21)13-15/h1-3,5-6,9-13,20-21H,4,7-8H2/b11-9+. The number of aryl methyl sites for hydroxylation is 1. The zero-order valence-corrected chi connectivity index (χ0v) is 11.7. The van der Waals surface area contributed by atoms with E-state index in [4.69, 9.17) is 0 Å².